The summed E-state index contributed by atoms with van der Waals surface area (Å²) in [5.41, 5.74) is 2.08. The van der Waals surface area contributed by atoms with Crippen LogP contribution in [0.15, 0.2) is 54.6 Å². The topological polar surface area (TPSA) is 141 Å². The molecule has 1 heterocycles. The second-order valence-corrected chi connectivity index (χ2v) is 6.86. The van der Waals surface area contributed by atoms with Crippen molar-refractivity contribution in [3.8, 4) is 0 Å². The third-order valence-corrected chi connectivity index (χ3v) is 4.63. The molecule has 1 aliphatic heterocycles. The Hall–Kier alpha value is -3.79. The van der Waals surface area contributed by atoms with Crippen molar-refractivity contribution in [3.05, 3.63) is 75.8 Å². The third kappa shape index (κ3) is 7.86. The summed E-state index contributed by atoms with van der Waals surface area (Å²) in [5.74, 6) is -3.49. The van der Waals surface area contributed by atoms with E-state index >= 15 is 0 Å². The van der Waals surface area contributed by atoms with E-state index in [9.17, 15) is 14.9 Å². The van der Waals surface area contributed by atoms with Crippen LogP contribution in [0.2, 0.25) is 0 Å². The minimum Gasteiger partial charge on any atom is -0.473 e. The van der Waals surface area contributed by atoms with Crippen LogP contribution in [0.25, 0.3) is 0 Å². The number of piperazine rings is 1. The molecule has 2 aromatic rings. The van der Waals surface area contributed by atoms with Crippen molar-refractivity contribution in [1.29, 1.82) is 0 Å². The predicted molar refractivity (Wildman–Crippen MR) is 110 cm³/mol. The maximum absolute atomic E-state index is 12.4. The largest absolute Gasteiger partial charge is 0.473 e. The van der Waals surface area contributed by atoms with Gasteiger partial charge in [0.25, 0.3) is 5.69 Å². The van der Waals surface area contributed by atoms with Gasteiger partial charge in [-0.3, -0.25) is 19.8 Å². The fourth-order valence-electron chi connectivity index (χ4n) is 3.06. The molecule has 0 unspecified atom stereocenters. The summed E-state index contributed by atoms with van der Waals surface area (Å²) in [4.78, 5) is 45.2. The summed E-state index contributed by atoms with van der Waals surface area (Å²) in [5, 5.41) is 25.6. The first-order valence-electron chi connectivity index (χ1n) is 9.50. The maximum Gasteiger partial charge on any atom is 0.414 e. The van der Waals surface area contributed by atoms with Gasteiger partial charge in [-0.05, 0) is 11.1 Å². The number of carboxylic acids is 2. The Morgan fingerprint density at radius 1 is 0.871 bits per heavy atom. The molecule has 0 radical (unpaired) electrons. The molecule has 3 rings (SSSR count). The van der Waals surface area contributed by atoms with E-state index < -0.39 is 11.9 Å². The summed E-state index contributed by atoms with van der Waals surface area (Å²) >= 11 is 0. The first-order chi connectivity index (χ1) is 14.8. The average Bonchev–Trinajstić information content (AvgIpc) is 2.75. The van der Waals surface area contributed by atoms with Crippen LogP contribution in [0.5, 0.6) is 0 Å². The van der Waals surface area contributed by atoms with Gasteiger partial charge in [-0.1, -0.05) is 42.5 Å². The second kappa shape index (κ2) is 11.4. The van der Waals surface area contributed by atoms with Crippen molar-refractivity contribution in [3.63, 3.8) is 0 Å². The van der Waals surface area contributed by atoms with E-state index in [0.717, 1.165) is 24.2 Å². The molecule has 0 saturated carbocycles. The van der Waals surface area contributed by atoms with Crippen LogP contribution in [-0.2, 0) is 27.3 Å². The van der Waals surface area contributed by atoms with Gasteiger partial charge in [0, 0.05) is 44.9 Å². The van der Waals surface area contributed by atoms with Crippen molar-refractivity contribution in [2.45, 2.75) is 13.0 Å². The number of aliphatic carboxylic acids is 2. The van der Waals surface area contributed by atoms with Gasteiger partial charge in [0.1, 0.15) is 0 Å². The number of carbonyl (C=O) groups is 3. The van der Waals surface area contributed by atoms with Crippen LogP contribution in [0.4, 0.5) is 5.69 Å². The molecule has 2 N–H and O–H groups in total. The first-order valence-corrected chi connectivity index (χ1v) is 9.50. The molecule has 2 aromatic carbocycles. The zero-order valence-electron chi connectivity index (χ0n) is 16.7. The fourth-order valence-corrected chi connectivity index (χ4v) is 3.06. The molecule has 1 fully saturated rings. The number of benzene rings is 2. The molecule has 1 amide bonds. The highest BCUT2D eigenvalue weighted by Gasteiger charge is 2.21. The Kier molecular flexibility index (Phi) is 8.64. The number of rotatable bonds is 5. The highest BCUT2D eigenvalue weighted by atomic mass is 16.6. The molecular weight excluding hydrogens is 406 g/mol. The zero-order chi connectivity index (χ0) is 22.8. The van der Waals surface area contributed by atoms with Gasteiger partial charge in [0.2, 0.25) is 5.91 Å². The summed E-state index contributed by atoms with van der Waals surface area (Å²) in [7, 11) is 0. The fraction of sp³-hybridized carbons (Fsp3) is 0.286. The summed E-state index contributed by atoms with van der Waals surface area (Å²) in [6.07, 6.45) is 0.436. The smallest absolute Gasteiger partial charge is 0.414 e. The van der Waals surface area contributed by atoms with E-state index in [2.05, 4.69) is 4.90 Å². The number of carbonyl (C=O) groups excluding carboxylic acids is 1. The molecule has 0 aliphatic carbocycles. The normalized spacial score (nSPS) is 13.6. The first kappa shape index (κ1) is 23.5. The Morgan fingerprint density at radius 3 is 2.00 bits per heavy atom. The number of carboxylic acid groups (broad SMARTS) is 2. The van der Waals surface area contributed by atoms with Crippen LogP contribution in [0.1, 0.15) is 11.1 Å². The number of hydrogen-bond acceptors (Lipinski definition) is 6. The lowest BCUT2D eigenvalue weighted by molar-refractivity contribution is -0.384. The minimum absolute atomic E-state index is 0.120. The molecule has 1 aliphatic rings. The molecule has 0 atom stereocenters. The Balaban J connectivity index is 0.000000501. The number of nitro benzene ring substituents is 1. The standard InChI is InChI=1S/C19H21N3O3.C2H2O4/c23-19(14-16-5-2-1-3-6-16)21-11-9-20(10-12-21)15-17-7-4-8-18(13-17)22(24)25;3-1(4)2(5)6/h1-8,13H,9-12,14-15H2;(H,3,4)(H,5,6). The zero-order valence-corrected chi connectivity index (χ0v) is 16.7. The Labute approximate surface area is 178 Å². The van der Waals surface area contributed by atoms with E-state index in [0.29, 0.717) is 26.1 Å². The molecule has 1 saturated heterocycles. The van der Waals surface area contributed by atoms with E-state index in [-0.39, 0.29) is 16.5 Å². The third-order valence-electron chi connectivity index (χ3n) is 4.63. The molecular formula is C21H23N3O7. The number of non-ortho nitro benzene ring substituents is 1. The number of nitrogens with zero attached hydrogens (tertiary/aromatic N) is 3. The molecule has 0 bridgehead atoms. The lowest BCUT2D eigenvalue weighted by Crippen LogP contribution is -2.48. The summed E-state index contributed by atoms with van der Waals surface area (Å²) in [6, 6.07) is 16.5. The van der Waals surface area contributed by atoms with E-state index in [1.807, 2.05) is 41.3 Å². The monoisotopic (exact) mass is 429 g/mol. The second-order valence-electron chi connectivity index (χ2n) is 6.86. The molecule has 0 spiro atoms. The Morgan fingerprint density at radius 2 is 1.45 bits per heavy atom. The van der Waals surface area contributed by atoms with Crippen molar-refractivity contribution in [1.82, 2.24) is 9.80 Å². The number of nitro groups is 1. The van der Waals surface area contributed by atoms with Crippen LogP contribution >= 0.6 is 0 Å². The van der Waals surface area contributed by atoms with Crippen LogP contribution < -0.4 is 0 Å². The highest BCUT2D eigenvalue weighted by molar-refractivity contribution is 6.27. The van der Waals surface area contributed by atoms with Gasteiger partial charge in [-0.25, -0.2) is 9.59 Å². The average molecular weight is 429 g/mol. The number of amides is 1. The molecule has 31 heavy (non-hydrogen) atoms. The van der Waals surface area contributed by atoms with Gasteiger partial charge < -0.3 is 15.1 Å². The quantitative estimate of drug-likeness (QED) is 0.415. The maximum atomic E-state index is 12.4. The van der Waals surface area contributed by atoms with Crippen LogP contribution in [0.3, 0.4) is 0 Å². The lowest BCUT2D eigenvalue weighted by atomic mass is 10.1. The van der Waals surface area contributed by atoms with Gasteiger partial charge in [0.15, 0.2) is 0 Å². The van der Waals surface area contributed by atoms with E-state index in [4.69, 9.17) is 19.8 Å². The van der Waals surface area contributed by atoms with E-state index in [1.165, 1.54) is 6.07 Å². The van der Waals surface area contributed by atoms with Crippen LogP contribution in [-0.4, -0.2) is 69.0 Å². The Bertz CT molecular complexity index is 914. The minimum atomic E-state index is -1.82. The predicted octanol–water partition coefficient (Wildman–Crippen LogP) is 1.64. The summed E-state index contributed by atoms with van der Waals surface area (Å²) in [6.45, 7) is 3.62. The molecule has 0 aromatic heterocycles. The van der Waals surface area contributed by atoms with Gasteiger partial charge in [0.05, 0.1) is 11.3 Å². The molecule has 10 nitrogen and oxygen atoms in total. The van der Waals surface area contributed by atoms with Gasteiger partial charge >= 0.3 is 11.9 Å². The van der Waals surface area contributed by atoms with E-state index in [1.54, 1.807) is 12.1 Å². The lowest BCUT2D eigenvalue weighted by Gasteiger charge is -2.34. The van der Waals surface area contributed by atoms with Crippen molar-refractivity contribution in [2.75, 3.05) is 26.2 Å². The SMILES string of the molecule is O=C(Cc1ccccc1)N1CCN(Cc2cccc([N+](=O)[O-])c2)CC1.O=C(O)C(=O)O. The number of hydrogen-bond donors (Lipinski definition) is 2. The van der Waals surface area contributed by atoms with Gasteiger partial charge in [-0.2, -0.15) is 0 Å². The van der Waals surface area contributed by atoms with Gasteiger partial charge in [-0.15, -0.1) is 0 Å². The molecule has 10 heteroatoms. The van der Waals surface area contributed by atoms with Crippen molar-refractivity contribution >= 4 is 23.5 Å². The van der Waals surface area contributed by atoms with Crippen molar-refractivity contribution in [2.24, 2.45) is 0 Å². The molecule has 164 valence electrons. The summed E-state index contributed by atoms with van der Waals surface area (Å²) < 4.78 is 0. The van der Waals surface area contributed by atoms with Crippen molar-refractivity contribution < 1.29 is 29.5 Å². The van der Waals surface area contributed by atoms with Crippen LogP contribution in [0, 0.1) is 10.1 Å². The highest BCUT2D eigenvalue weighted by Crippen LogP contribution is 2.16.